The van der Waals surface area contributed by atoms with Crippen LogP contribution in [-0.4, -0.2) is 39.2 Å². The molecule has 7 heteroatoms. The van der Waals surface area contributed by atoms with E-state index in [2.05, 4.69) is 54.1 Å². The molecule has 2 heterocycles. The Morgan fingerprint density at radius 3 is 2.47 bits per heavy atom. The van der Waals surface area contributed by atoms with E-state index in [9.17, 15) is 9.90 Å². The Balaban J connectivity index is 1.38. The van der Waals surface area contributed by atoms with Gasteiger partial charge in [0.2, 0.25) is 0 Å². The van der Waals surface area contributed by atoms with Crippen LogP contribution in [0.5, 0.6) is 5.75 Å². The molecule has 0 aliphatic carbocycles. The highest BCUT2D eigenvalue weighted by Crippen LogP contribution is 2.33. The van der Waals surface area contributed by atoms with Crippen molar-refractivity contribution in [3.63, 3.8) is 0 Å². The lowest BCUT2D eigenvalue weighted by atomic mass is 9.99. The van der Waals surface area contributed by atoms with Gasteiger partial charge in [0.05, 0.1) is 11.9 Å². The predicted octanol–water partition coefficient (Wildman–Crippen LogP) is 5.71. The van der Waals surface area contributed by atoms with E-state index in [1.165, 1.54) is 11.3 Å². The van der Waals surface area contributed by atoms with Crippen molar-refractivity contribution in [1.29, 1.82) is 0 Å². The van der Waals surface area contributed by atoms with E-state index in [1.807, 2.05) is 53.9 Å². The van der Waals surface area contributed by atoms with Crippen molar-refractivity contribution in [3.05, 3.63) is 117 Å². The number of thiophene rings is 1. The summed E-state index contributed by atoms with van der Waals surface area (Å²) in [6.07, 6.45) is -0.716. The summed E-state index contributed by atoms with van der Waals surface area (Å²) in [4.78, 5) is 23.9. The molecule has 1 unspecified atom stereocenters. The van der Waals surface area contributed by atoms with Crippen LogP contribution in [0.3, 0.4) is 0 Å². The molecule has 0 bridgehead atoms. The summed E-state index contributed by atoms with van der Waals surface area (Å²) in [5.74, 6) is 1.29. The number of aliphatic hydroxyl groups is 1. The van der Waals surface area contributed by atoms with Gasteiger partial charge in [-0.3, -0.25) is 9.69 Å². The topological polar surface area (TPSA) is 78.5 Å². The summed E-state index contributed by atoms with van der Waals surface area (Å²) in [5.41, 5.74) is 5.22. The van der Waals surface area contributed by atoms with Gasteiger partial charge >= 0.3 is 0 Å². The Morgan fingerprint density at radius 2 is 1.71 bits per heavy atom. The monoisotopic (exact) mass is 525 g/mol. The van der Waals surface area contributed by atoms with Gasteiger partial charge in [-0.2, -0.15) is 0 Å². The number of H-pyrrole nitrogens is 1. The first-order valence-electron chi connectivity index (χ1n) is 12.7. The Morgan fingerprint density at radius 1 is 0.974 bits per heavy atom. The smallest absolute Gasteiger partial charge is 0.260 e. The number of nitrogens with zero attached hydrogens (tertiary/aromatic N) is 2. The van der Waals surface area contributed by atoms with Gasteiger partial charge in [-0.15, -0.1) is 11.3 Å². The first-order valence-corrected chi connectivity index (χ1v) is 13.5. The normalized spacial score (nSPS) is 12.2. The zero-order valence-corrected chi connectivity index (χ0v) is 22.4. The van der Waals surface area contributed by atoms with Crippen molar-refractivity contribution in [2.45, 2.75) is 33.0 Å². The van der Waals surface area contributed by atoms with E-state index in [0.29, 0.717) is 35.7 Å². The van der Waals surface area contributed by atoms with Crippen LogP contribution in [0.2, 0.25) is 0 Å². The van der Waals surface area contributed by atoms with Crippen molar-refractivity contribution in [2.75, 3.05) is 13.2 Å². The van der Waals surface area contributed by atoms with Crippen LogP contribution in [-0.2, 0) is 13.1 Å². The lowest BCUT2D eigenvalue weighted by Crippen LogP contribution is -2.35. The third-order valence-electron chi connectivity index (χ3n) is 6.45. The van der Waals surface area contributed by atoms with Gasteiger partial charge in [0, 0.05) is 24.0 Å². The first kappa shape index (κ1) is 25.9. The summed E-state index contributed by atoms with van der Waals surface area (Å²) in [6, 6.07) is 25.8. The number of aliphatic hydroxyl groups excluding tert-OH is 1. The largest absolute Gasteiger partial charge is 0.491 e. The maximum atomic E-state index is 13.3. The minimum atomic E-state index is -0.716. The molecule has 38 heavy (non-hydrogen) atoms. The van der Waals surface area contributed by atoms with E-state index in [0.717, 1.165) is 33.6 Å². The SMILES string of the molecule is Cc1ccc(C)c(-c2csc3nc(CN(Cc4ccccc4)CC(O)COc4ccccc4)[nH]c(=O)c23)c1. The molecular formula is C31H31N3O3S. The molecule has 5 aromatic rings. The molecule has 0 saturated carbocycles. The van der Waals surface area contributed by atoms with Crippen LogP contribution in [0.1, 0.15) is 22.5 Å². The van der Waals surface area contributed by atoms with Crippen molar-refractivity contribution in [2.24, 2.45) is 0 Å². The van der Waals surface area contributed by atoms with Crippen LogP contribution in [0.4, 0.5) is 0 Å². The highest BCUT2D eigenvalue weighted by molar-refractivity contribution is 7.17. The molecule has 2 aromatic heterocycles. The van der Waals surface area contributed by atoms with Crippen LogP contribution in [0.15, 0.2) is 89.0 Å². The lowest BCUT2D eigenvalue weighted by Gasteiger charge is -2.25. The highest BCUT2D eigenvalue weighted by atomic mass is 32.1. The van der Waals surface area contributed by atoms with E-state index < -0.39 is 6.10 Å². The Hall–Kier alpha value is -3.78. The Labute approximate surface area is 226 Å². The molecule has 2 N–H and O–H groups in total. The number of nitrogens with one attached hydrogen (secondary N) is 1. The number of hydrogen-bond acceptors (Lipinski definition) is 6. The van der Waals surface area contributed by atoms with Crippen LogP contribution in [0.25, 0.3) is 21.3 Å². The average molecular weight is 526 g/mol. The summed E-state index contributed by atoms with van der Waals surface area (Å²) in [7, 11) is 0. The molecule has 0 radical (unpaired) electrons. The lowest BCUT2D eigenvalue weighted by molar-refractivity contribution is 0.0619. The minimum Gasteiger partial charge on any atom is -0.491 e. The number of ether oxygens (including phenoxy) is 1. The number of aromatic amines is 1. The fourth-order valence-electron chi connectivity index (χ4n) is 4.59. The number of fused-ring (bicyclic) bond motifs is 1. The summed E-state index contributed by atoms with van der Waals surface area (Å²) < 4.78 is 5.76. The van der Waals surface area contributed by atoms with E-state index >= 15 is 0 Å². The maximum Gasteiger partial charge on any atom is 0.260 e. The molecule has 0 amide bonds. The van der Waals surface area contributed by atoms with Gasteiger partial charge in [0.25, 0.3) is 5.56 Å². The molecule has 3 aromatic carbocycles. The van der Waals surface area contributed by atoms with Gasteiger partial charge in [-0.25, -0.2) is 4.98 Å². The van der Waals surface area contributed by atoms with Gasteiger partial charge < -0.3 is 14.8 Å². The molecule has 0 fully saturated rings. The molecule has 0 spiro atoms. The molecular weight excluding hydrogens is 494 g/mol. The summed E-state index contributed by atoms with van der Waals surface area (Å²) >= 11 is 1.48. The zero-order chi connectivity index (χ0) is 26.5. The van der Waals surface area contributed by atoms with Crippen LogP contribution >= 0.6 is 11.3 Å². The number of hydrogen-bond donors (Lipinski definition) is 2. The van der Waals surface area contributed by atoms with Crippen LogP contribution < -0.4 is 10.3 Å². The zero-order valence-electron chi connectivity index (χ0n) is 21.6. The Bertz CT molecular complexity index is 1560. The minimum absolute atomic E-state index is 0.144. The molecule has 0 aliphatic rings. The van der Waals surface area contributed by atoms with Gasteiger partial charge in [0.15, 0.2) is 0 Å². The van der Waals surface area contributed by atoms with Crippen molar-refractivity contribution >= 4 is 21.6 Å². The molecule has 6 nitrogen and oxygen atoms in total. The quantitative estimate of drug-likeness (QED) is 0.244. The van der Waals surface area contributed by atoms with Gasteiger partial charge in [-0.1, -0.05) is 72.3 Å². The second kappa shape index (κ2) is 11.7. The van der Waals surface area contributed by atoms with Crippen LogP contribution in [0, 0.1) is 13.8 Å². The fraction of sp³-hybridized carbons (Fsp3) is 0.226. The summed E-state index contributed by atoms with van der Waals surface area (Å²) in [6.45, 7) is 5.63. The predicted molar refractivity (Wildman–Crippen MR) is 154 cm³/mol. The third kappa shape index (κ3) is 6.19. The van der Waals surface area contributed by atoms with Crippen molar-refractivity contribution in [1.82, 2.24) is 14.9 Å². The maximum absolute atomic E-state index is 13.3. The molecule has 1 atom stereocenters. The Kier molecular flexibility index (Phi) is 7.98. The van der Waals surface area contributed by atoms with E-state index in [1.54, 1.807) is 0 Å². The van der Waals surface area contributed by atoms with Crippen molar-refractivity contribution < 1.29 is 9.84 Å². The third-order valence-corrected chi connectivity index (χ3v) is 7.33. The number of rotatable bonds is 10. The number of aryl methyl sites for hydroxylation is 2. The fourth-order valence-corrected chi connectivity index (χ4v) is 5.55. The first-order chi connectivity index (χ1) is 18.5. The second-order valence-electron chi connectivity index (χ2n) is 9.59. The molecule has 5 rings (SSSR count). The summed E-state index contributed by atoms with van der Waals surface area (Å²) in [5, 5.41) is 13.4. The van der Waals surface area contributed by atoms with Gasteiger partial charge in [0.1, 0.15) is 29.1 Å². The van der Waals surface area contributed by atoms with E-state index in [4.69, 9.17) is 9.72 Å². The highest BCUT2D eigenvalue weighted by Gasteiger charge is 2.18. The second-order valence-corrected chi connectivity index (χ2v) is 10.5. The standard InChI is InChI=1S/C31H31N3O3S/c1-21-13-14-22(2)26(15-21)27-20-38-31-29(27)30(36)32-28(33-31)18-34(16-23-9-5-3-6-10-23)17-24(35)19-37-25-11-7-4-8-12-25/h3-15,20,24,35H,16-19H2,1-2H3,(H,32,33,36). The number of para-hydroxylation sites is 1. The van der Waals surface area contributed by atoms with Gasteiger partial charge in [-0.05, 0) is 42.7 Å². The number of aromatic nitrogens is 2. The van der Waals surface area contributed by atoms with Crippen molar-refractivity contribution in [3.8, 4) is 16.9 Å². The molecule has 194 valence electrons. The molecule has 0 aliphatic heterocycles. The van der Waals surface area contributed by atoms with E-state index in [-0.39, 0.29) is 12.2 Å². The number of benzene rings is 3. The molecule has 0 saturated heterocycles. The average Bonchev–Trinajstić information content (AvgIpc) is 3.34.